The topological polar surface area (TPSA) is 64.4 Å². The zero-order valence-electron chi connectivity index (χ0n) is 14.6. The number of fused-ring (bicyclic) bond motifs is 2. The summed E-state index contributed by atoms with van der Waals surface area (Å²) in [5.74, 6) is 1.64. The Labute approximate surface area is 151 Å². The van der Waals surface area contributed by atoms with Crippen LogP contribution >= 0.6 is 0 Å². The van der Waals surface area contributed by atoms with Gasteiger partial charge in [0.2, 0.25) is 0 Å². The molecule has 2 aliphatic rings. The highest BCUT2D eigenvalue weighted by molar-refractivity contribution is 6.07. The molecule has 132 valence electrons. The molecule has 5 nitrogen and oxygen atoms in total. The highest BCUT2D eigenvalue weighted by Gasteiger charge is 2.52. The summed E-state index contributed by atoms with van der Waals surface area (Å²) in [6, 6.07) is 11.7. The lowest BCUT2D eigenvalue weighted by Crippen LogP contribution is -2.28. The predicted octanol–water partition coefficient (Wildman–Crippen LogP) is 3.57. The van der Waals surface area contributed by atoms with Crippen LogP contribution in [0.25, 0.3) is 22.4 Å². The number of nitrogens with zero attached hydrogens (tertiary/aromatic N) is 1. The molecule has 3 heterocycles. The van der Waals surface area contributed by atoms with Crippen molar-refractivity contribution in [3.8, 4) is 11.5 Å². The van der Waals surface area contributed by atoms with Crippen LogP contribution in [0, 0.1) is 18.8 Å². The minimum Gasteiger partial charge on any atom is -0.463 e. The van der Waals surface area contributed by atoms with Gasteiger partial charge in [-0.05, 0) is 49.6 Å². The molecule has 3 unspecified atom stereocenters. The molecule has 1 saturated carbocycles. The summed E-state index contributed by atoms with van der Waals surface area (Å²) >= 11 is 0. The number of amides is 1. The molecule has 5 rings (SSSR count). The van der Waals surface area contributed by atoms with E-state index in [1.165, 1.54) is 0 Å². The average molecular weight is 348 g/mol. The fraction of sp³-hybridized carbons (Fsp3) is 0.333. The molecular formula is C21H20N2O3. The van der Waals surface area contributed by atoms with Gasteiger partial charge in [-0.2, -0.15) is 0 Å². The van der Waals surface area contributed by atoms with Gasteiger partial charge in [-0.15, -0.1) is 0 Å². The molecule has 1 N–H and O–H groups in total. The fourth-order valence-corrected chi connectivity index (χ4v) is 4.03. The van der Waals surface area contributed by atoms with Crippen LogP contribution in [-0.2, 0) is 4.74 Å². The Kier molecular flexibility index (Phi) is 3.57. The Balaban J connectivity index is 1.54. The number of benzene rings is 1. The molecule has 0 bridgehead atoms. The number of ether oxygens (including phenoxy) is 1. The van der Waals surface area contributed by atoms with E-state index in [0.717, 1.165) is 36.1 Å². The summed E-state index contributed by atoms with van der Waals surface area (Å²) in [4.78, 5) is 17.8. The third kappa shape index (κ3) is 2.59. The van der Waals surface area contributed by atoms with Crippen LogP contribution in [0.5, 0.6) is 0 Å². The number of nitrogens with one attached hydrogen (secondary N) is 1. The average Bonchev–Trinajstić information content (AvgIpc) is 3.07. The van der Waals surface area contributed by atoms with Gasteiger partial charge >= 0.3 is 0 Å². The van der Waals surface area contributed by atoms with Crippen molar-refractivity contribution in [1.29, 1.82) is 0 Å². The van der Waals surface area contributed by atoms with Crippen molar-refractivity contribution in [1.82, 2.24) is 10.3 Å². The lowest BCUT2D eigenvalue weighted by Gasteiger charge is -2.10. The zero-order chi connectivity index (χ0) is 17.7. The summed E-state index contributed by atoms with van der Waals surface area (Å²) < 4.78 is 11.0. The van der Waals surface area contributed by atoms with Gasteiger partial charge in [-0.3, -0.25) is 4.79 Å². The van der Waals surface area contributed by atoms with Crippen molar-refractivity contribution in [2.75, 3.05) is 13.2 Å². The maximum Gasteiger partial charge on any atom is 0.252 e. The fourth-order valence-electron chi connectivity index (χ4n) is 4.03. The summed E-state index contributed by atoms with van der Waals surface area (Å²) in [5, 5.41) is 4.09. The maximum atomic E-state index is 13.1. The van der Waals surface area contributed by atoms with E-state index >= 15 is 0 Å². The molecule has 0 spiro atoms. The van der Waals surface area contributed by atoms with E-state index in [0.29, 0.717) is 28.9 Å². The van der Waals surface area contributed by atoms with Gasteiger partial charge in [-0.1, -0.05) is 11.6 Å². The number of hydrogen-bond donors (Lipinski definition) is 1. The second kappa shape index (κ2) is 5.95. The number of hydrogen-bond acceptors (Lipinski definition) is 4. The van der Waals surface area contributed by atoms with Gasteiger partial charge < -0.3 is 14.5 Å². The molecule has 1 aliphatic carbocycles. The van der Waals surface area contributed by atoms with Gasteiger partial charge in [-0.25, -0.2) is 4.98 Å². The Morgan fingerprint density at radius 2 is 2.15 bits per heavy atom. The second-order valence-corrected chi connectivity index (χ2v) is 7.24. The van der Waals surface area contributed by atoms with E-state index in [4.69, 9.17) is 9.15 Å². The molecule has 2 aromatic heterocycles. The van der Waals surface area contributed by atoms with E-state index in [9.17, 15) is 4.79 Å². The molecular weight excluding hydrogens is 328 g/mol. The highest BCUT2D eigenvalue weighted by Crippen LogP contribution is 2.44. The maximum absolute atomic E-state index is 13.1. The lowest BCUT2D eigenvalue weighted by molar-refractivity contribution is 0.0881. The Morgan fingerprint density at radius 1 is 1.23 bits per heavy atom. The van der Waals surface area contributed by atoms with Crippen LogP contribution in [0.4, 0.5) is 0 Å². The van der Waals surface area contributed by atoms with E-state index in [2.05, 4.69) is 10.3 Å². The standard InChI is InChI=1S/C21H20N2O3/c1-12-4-5-17-14(9-12)15(10-18(22-17)19-3-2-7-26-19)21(24)23-20-13-6-8-25-11-16(13)20/h2-5,7,9-10,13,16,20H,6,8,11H2,1H3,(H,23,24). The van der Waals surface area contributed by atoms with Crippen molar-refractivity contribution < 1.29 is 13.9 Å². The van der Waals surface area contributed by atoms with Crippen LogP contribution in [0.3, 0.4) is 0 Å². The quantitative estimate of drug-likeness (QED) is 0.786. The van der Waals surface area contributed by atoms with Crippen LogP contribution in [0.1, 0.15) is 22.3 Å². The Morgan fingerprint density at radius 3 is 2.92 bits per heavy atom. The lowest BCUT2D eigenvalue weighted by atomic mass is 10.0. The monoisotopic (exact) mass is 348 g/mol. The third-order valence-electron chi connectivity index (χ3n) is 5.52. The van der Waals surface area contributed by atoms with Crippen molar-refractivity contribution in [2.45, 2.75) is 19.4 Å². The van der Waals surface area contributed by atoms with Crippen LogP contribution in [0.2, 0.25) is 0 Å². The molecule has 1 aromatic carbocycles. The number of aromatic nitrogens is 1. The largest absolute Gasteiger partial charge is 0.463 e. The van der Waals surface area contributed by atoms with Crippen molar-refractivity contribution in [3.05, 3.63) is 53.8 Å². The molecule has 26 heavy (non-hydrogen) atoms. The summed E-state index contributed by atoms with van der Waals surface area (Å²) in [5.41, 5.74) is 3.22. The second-order valence-electron chi connectivity index (χ2n) is 7.24. The summed E-state index contributed by atoms with van der Waals surface area (Å²) in [6.45, 7) is 3.57. The molecule has 3 aromatic rings. The van der Waals surface area contributed by atoms with Crippen molar-refractivity contribution in [3.63, 3.8) is 0 Å². The summed E-state index contributed by atoms with van der Waals surface area (Å²) in [7, 11) is 0. The Hall–Kier alpha value is -2.66. The summed E-state index contributed by atoms with van der Waals surface area (Å²) in [6.07, 6.45) is 2.65. The smallest absolute Gasteiger partial charge is 0.252 e. The molecule has 0 radical (unpaired) electrons. The van der Waals surface area contributed by atoms with Crippen LogP contribution < -0.4 is 5.32 Å². The first kappa shape index (κ1) is 15.6. The SMILES string of the molecule is Cc1ccc2nc(-c3ccco3)cc(C(=O)NC3C4CCOCC43)c2c1. The Bertz CT molecular complexity index is 968. The minimum absolute atomic E-state index is 0.0461. The van der Waals surface area contributed by atoms with E-state index in [1.54, 1.807) is 6.26 Å². The molecule has 1 aliphatic heterocycles. The highest BCUT2D eigenvalue weighted by atomic mass is 16.5. The molecule has 1 amide bonds. The van der Waals surface area contributed by atoms with Crippen molar-refractivity contribution in [2.24, 2.45) is 11.8 Å². The first-order valence-electron chi connectivity index (χ1n) is 9.04. The number of aryl methyl sites for hydroxylation is 1. The van der Waals surface area contributed by atoms with Gasteiger partial charge in [0.05, 0.1) is 24.0 Å². The first-order valence-corrected chi connectivity index (χ1v) is 9.04. The number of furan rings is 1. The number of carbonyl (C=O) groups excluding carboxylic acids is 1. The minimum atomic E-state index is -0.0461. The number of rotatable bonds is 3. The number of carbonyl (C=O) groups is 1. The van der Waals surface area contributed by atoms with E-state index in [1.807, 2.05) is 43.3 Å². The molecule has 1 saturated heterocycles. The van der Waals surface area contributed by atoms with Crippen LogP contribution in [0.15, 0.2) is 47.1 Å². The van der Waals surface area contributed by atoms with E-state index < -0.39 is 0 Å². The third-order valence-corrected chi connectivity index (χ3v) is 5.52. The normalized spacial score (nSPS) is 24.3. The zero-order valence-corrected chi connectivity index (χ0v) is 14.6. The number of pyridine rings is 1. The van der Waals surface area contributed by atoms with Gasteiger partial charge in [0.25, 0.3) is 5.91 Å². The van der Waals surface area contributed by atoms with Gasteiger partial charge in [0.15, 0.2) is 5.76 Å². The molecule has 3 atom stereocenters. The van der Waals surface area contributed by atoms with Crippen LogP contribution in [-0.4, -0.2) is 30.1 Å². The first-order chi connectivity index (χ1) is 12.7. The van der Waals surface area contributed by atoms with E-state index in [-0.39, 0.29) is 11.9 Å². The predicted molar refractivity (Wildman–Crippen MR) is 97.9 cm³/mol. The molecule has 5 heteroatoms. The van der Waals surface area contributed by atoms with Crippen molar-refractivity contribution >= 4 is 16.8 Å². The molecule has 2 fully saturated rings. The van der Waals surface area contributed by atoms with Gasteiger partial charge in [0, 0.05) is 24.0 Å². The van der Waals surface area contributed by atoms with Gasteiger partial charge in [0.1, 0.15) is 5.69 Å².